The number of benzene rings is 3. The molecular weight excluding hydrogens is 324 g/mol. The zero-order valence-electron chi connectivity index (χ0n) is 14.6. The Morgan fingerprint density at radius 1 is 1.04 bits per heavy atom. The van der Waals surface area contributed by atoms with Crippen LogP contribution in [0.1, 0.15) is 40.9 Å². The lowest BCUT2D eigenvalue weighted by Crippen LogP contribution is -2.27. The van der Waals surface area contributed by atoms with Crippen LogP contribution in [0.25, 0.3) is 10.8 Å². The minimum Gasteiger partial charge on any atom is -0.345 e. The summed E-state index contributed by atoms with van der Waals surface area (Å²) in [5.74, 6) is -0.0792. The van der Waals surface area contributed by atoms with Crippen LogP contribution >= 0.6 is 0 Å². The second-order valence-electron chi connectivity index (χ2n) is 6.68. The number of hydrogen-bond acceptors (Lipinski definition) is 2. The van der Waals surface area contributed by atoms with Crippen LogP contribution in [0, 0.1) is 0 Å². The van der Waals surface area contributed by atoms with Crippen molar-refractivity contribution in [3.8, 4) is 0 Å². The van der Waals surface area contributed by atoms with Crippen molar-refractivity contribution in [2.45, 2.75) is 25.8 Å². The molecule has 1 atom stereocenters. The first-order chi connectivity index (χ1) is 12.6. The molecule has 3 aromatic carbocycles. The topological polar surface area (TPSA) is 58.2 Å². The Hall–Kier alpha value is -3.14. The van der Waals surface area contributed by atoms with Crippen molar-refractivity contribution in [1.82, 2.24) is 5.32 Å². The fourth-order valence-electron chi connectivity index (χ4n) is 3.51. The Bertz CT molecular complexity index is 1000. The van der Waals surface area contributed by atoms with E-state index in [9.17, 15) is 9.59 Å². The highest BCUT2D eigenvalue weighted by Crippen LogP contribution is 2.26. The number of fused-ring (bicyclic) bond motifs is 2. The van der Waals surface area contributed by atoms with Gasteiger partial charge in [0.25, 0.3) is 5.91 Å². The number of amides is 2. The van der Waals surface area contributed by atoms with Crippen molar-refractivity contribution < 1.29 is 9.59 Å². The van der Waals surface area contributed by atoms with E-state index in [4.69, 9.17) is 0 Å². The third-order valence-corrected chi connectivity index (χ3v) is 4.90. The molecule has 1 aliphatic rings. The summed E-state index contributed by atoms with van der Waals surface area (Å²) in [5, 5.41) is 8.25. The van der Waals surface area contributed by atoms with E-state index in [-0.39, 0.29) is 17.9 Å². The summed E-state index contributed by atoms with van der Waals surface area (Å²) in [4.78, 5) is 24.2. The van der Waals surface area contributed by atoms with Gasteiger partial charge in [0.1, 0.15) is 0 Å². The molecule has 3 aromatic rings. The summed E-state index contributed by atoms with van der Waals surface area (Å²) in [6.45, 7) is 2.00. The Morgan fingerprint density at radius 2 is 1.85 bits per heavy atom. The van der Waals surface area contributed by atoms with Crippen LogP contribution in [0.2, 0.25) is 0 Å². The van der Waals surface area contributed by atoms with Gasteiger partial charge in [-0.3, -0.25) is 9.59 Å². The molecule has 0 spiro atoms. The summed E-state index contributed by atoms with van der Waals surface area (Å²) in [6, 6.07) is 19.7. The quantitative estimate of drug-likeness (QED) is 0.747. The average molecular weight is 344 g/mol. The molecule has 0 bridgehead atoms. The van der Waals surface area contributed by atoms with E-state index in [1.165, 1.54) is 0 Å². The van der Waals surface area contributed by atoms with Crippen molar-refractivity contribution >= 4 is 28.3 Å². The molecule has 1 unspecified atom stereocenters. The molecule has 0 aliphatic carbocycles. The average Bonchev–Trinajstić information content (AvgIpc) is 2.67. The van der Waals surface area contributed by atoms with Crippen molar-refractivity contribution in [2.75, 3.05) is 5.32 Å². The van der Waals surface area contributed by atoms with Gasteiger partial charge in [-0.15, -0.1) is 0 Å². The lowest BCUT2D eigenvalue weighted by atomic mass is 9.98. The van der Waals surface area contributed by atoms with E-state index >= 15 is 0 Å². The monoisotopic (exact) mass is 344 g/mol. The zero-order chi connectivity index (χ0) is 18.1. The number of carbonyl (C=O) groups excluding carboxylic acids is 2. The highest BCUT2D eigenvalue weighted by molar-refractivity contribution is 5.98. The normalized spacial score (nSPS) is 14.4. The summed E-state index contributed by atoms with van der Waals surface area (Å²) in [7, 11) is 0. The highest BCUT2D eigenvalue weighted by atomic mass is 16.2. The van der Waals surface area contributed by atoms with Gasteiger partial charge in [0.05, 0.1) is 6.04 Å². The van der Waals surface area contributed by atoms with Crippen LogP contribution in [0.5, 0.6) is 0 Å². The molecule has 0 radical (unpaired) electrons. The first-order valence-corrected chi connectivity index (χ1v) is 8.83. The molecule has 2 amide bonds. The van der Waals surface area contributed by atoms with Gasteiger partial charge < -0.3 is 10.6 Å². The van der Waals surface area contributed by atoms with E-state index < -0.39 is 0 Å². The zero-order valence-corrected chi connectivity index (χ0v) is 14.6. The Balaban J connectivity index is 1.57. The van der Waals surface area contributed by atoms with E-state index in [1.807, 2.05) is 37.3 Å². The Labute approximate surface area is 152 Å². The van der Waals surface area contributed by atoms with Gasteiger partial charge in [0, 0.05) is 17.7 Å². The maximum absolute atomic E-state index is 12.7. The van der Waals surface area contributed by atoms with Gasteiger partial charge in [-0.1, -0.05) is 42.5 Å². The molecule has 0 saturated carbocycles. The van der Waals surface area contributed by atoms with Crippen LogP contribution in [0.3, 0.4) is 0 Å². The van der Waals surface area contributed by atoms with Gasteiger partial charge in [0.2, 0.25) is 5.91 Å². The smallest absolute Gasteiger partial charge is 0.251 e. The van der Waals surface area contributed by atoms with Crippen molar-refractivity contribution in [2.24, 2.45) is 0 Å². The molecule has 4 rings (SSSR count). The second kappa shape index (κ2) is 6.64. The van der Waals surface area contributed by atoms with Gasteiger partial charge in [-0.25, -0.2) is 0 Å². The van der Waals surface area contributed by atoms with Crippen LogP contribution in [-0.2, 0) is 11.2 Å². The molecule has 4 heteroatoms. The fourth-order valence-corrected chi connectivity index (χ4v) is 3.51. The summed E-state index contributed by atoms with van der Waals surface area (Å²) in [6.07, 6.45) is 1.13. The summed E-state index contributed by atoms with van der Waals surface area (Å²) >= 11 is 0. The maximum Gasteiger partial charge on any atom is 0.251 e. The van der Waals surface area contributed by atoms with Gasteiger partial charge >= 0.3 is 0 Å². The summed E-state index contributed by atoms with van der Waals surface area (Å²) in [5.41, 5.74) is 3.53. The molecule has 1 heterocycles. The van der Waals surface area contributed by atoms with Crippen molar-refractivity contribution in [1.29, 1.82) is 0 Å². The molecular formula is C22H20N2O2. The van der Waals surface area contributed by atoms with Crippen LogP contribution in [0.15, 0.2) is 60.7 Å². The van der Waals surface area contributed by atoms with Crippen LogP contribution in [0.4, 0.5) is 5.69 Å². The molecule has 1 aliphatic heterocycles. The van der Waals surface area contributed by atoms with Crippen molar-refractivity contribution in [3.63, 3.8) is 0 Å². The molecule has 130 valence electrons. The number of anilines is 1. The van der Waals surface area contributed by atoms with E-state index in [2.05, 4.69) is 34.9 Å². The van der Waals surface area contributed by atoms with E-state index in [0.29, 0.717) is 18.4 Å². The van der Waals surface area contributed by atoms with Crippen molar-refractivity contribution in [3.05, 3.63) is 77.4 Å². The third kappa shape index (κ3) is 3.06. The lowest BCUT2D eigenvalue weighted by Gasteiger charge is -2.19. The third-order valence-electron chi connectivity index (χ3n) is 4.90. The van der Waals surface area contributed by atoms with E-state index in [1.54, 1.807) is 6.07 Å². The molecule has 26 heavy (non-hydrogen) atoms. The molecule has 2 N–H and O–H groups in total. The number of hydrogen-bond donors (Lipinski definition) is 2. The Morgan fingerprint density at radius 3 is 2.73 bits per heavy atom. The van der Waals surface area contributed by atoms with Gasteiger partial charge in [-0.05, 0) is 53.4 Å². The molecule has 0 fully saturated rings. The number of rotatable bonds is 3. The lowest BCUT2D eigenvalue weighted by molar-refractivity contribution is -0.116. The summed E-state index contributed by atoms with van der Waals surface area (Å²) < 4.78 is 0. The second-order valence-corrected chi connectivity index (χ2v) is 6.68. The highest BCUT2D eigenvalue weighted by Gasteiger charge is 2.18. The predicted octanol–water partition coefficient (Wildman–Crippen LogP) is 4.22. The predicted molar refractivity (Wildman–Crippen MR) is 103 cm³/mol. The standard InChI is InChI=1S/C22H20N2O2/c1-14(18-8-4-6-15-5-2-3-7-19(15)18)23-22(26)17-9-11-20-16(13-17)10-12-21(25)24-20/h2-9,11,13-14H,10,12H2,1H3,(H,23,26)(H,24,25). The molecule has 0 saturated heterocycles. The van der Waals surface area contributed by atoms with Crippen LogP contribution in [-0.4, -0.2) is 11.8 Å². The number of carbonyl (C=O) groups is 2. The first kappa shape index (κ1) is 16.3. The minimum absolute atomic E-state index is 0.0271. The first-order valence-electron chi connectivity index (χ1n) is 8.83. The van der Waals surface area contributed by atoms with E-state index in [0.717, 1.165) is 27.6 Å². The van der Waals surface area contributed by atoms with Gasteiger partial charge in [-0.2, -0.15) is 0 Å². The molecule has 0 aromatic heterocycles. The fraction of sp³-hybridized carbons (Fsp3) is 0.182. The SMILES string of the molecule is CC(NC(=O)c1ccc2c(c1)CCC(=O)N2)c1cccc2ccccc12. The molecule has 4 nitrogen and oxygen atoms in total. The van der Waals surface area contributed by atoms with Gasteiger partial charge in [0.15, 0.2) is 0 Å². The van der Waals surface area contributed by atoms with Crippen LogP contribution < -0.4 is 10.6 Å². The minimum atomic E-state index is -0.107. The largest absolute Gasteiger partial charge is 0.345 e. The number of nitrogens with one attached hydrogen (secondary N) is 2. The Kier molecular flexibility index (Phi) is 4.17. The number of aryl methyl sites for hydroxylation is 1. The maximum atomic E-state index is 12.7.